The number of hydrogen-bond acceptors (Lipinski definition) is 2. The molecule has 1 aliphatic heterocycles. The van der Waals surface area contributed by atoms with E-state index in [-0.39, 0.29) is 17.8 Å². The zero-order valence-corrected chi connectivity index (χ0v) is 10.5. The molecule has 0 fully saturated rings. The van der Waals surface area contributed by atoms with Crippen molar-refractivity contribution >= 4 is 28.4 Å². The highest BCUT2D eigenvalue weighted by Gasteiger charge is 2.31. The lowest BCUT2D eigenvalue weighted by atomic mass is 9.92. The number of benzene rings is 1. The Morgan fingerprint density at radius 3 is 2.60 bits per heavy atom. The summed E-state index contributed by atoms with van der Waals surface area (Å²) < 4.78 is 6.24. The second-order valence-corrected chi connectivity index (χ2v) is 4.75. The molecule has 0 amide bonds. The van der Waals surface area contributed by atoms with Gasteiger partial charge in [0.2, 0.25) is 0 Å². The molecule has 0 saturated carbocycles. The Balaban J connectivity index is 2.30. The van der Waals surface area contributed by atoms with Crippen LogP contribution in [0.25, 0.3) is 0 Å². The molecule has 1 aromatic rings. The maximum atomic E-state index is 11.8. The van der Waals surface area contributed by atoms with E-state index in [4.69, 9.17) is 4.74 Å². The second kappa shape index (κ2) is 4.35. The molecule has 0 bridgehead atoms. The molecule has 78 valence electrons. The Kier molecular flexibility index (Phi) is 3.09. The fourth-order valence-electron chi connectivity index (χ4n) is 1.67. The van der Waals surface area contributed by atoms with E-state index in [2.05, 4.69) is 0 Å². The number of hydrogen-bond donors (Lipinski definition) is 0. The zero-order chi connectivity index (χ0) is 10.8. The van der Waals surface area contributed by atoms with Crippen molar-refractivity contribution in [3.8, 4) is 0 Å². The topological polar surface area (TPSA) is 26.3 Å². The third-order valence-corrected chi connectivity index (χ3v) is 3.34. The molecule has 0 N–H and O–H groups in total. The molecule has 0 spiro atoms. The molecule has 3 heteroatoms. The molecule has 0 aliphatic carbocycles. The van der Waals surface area contributed by atoms with Crippen LogP contribution < -0.4 is 0 Å². The van der Waals surface area contributed by atoms with Gasteiger partial charge in [-0.15, -0.1) is 0 Å². The minimum atomic E-state index is -0.141. The standard InChI is InChI=1S/C12H11IO2/c1-8-11(14)10(13)7-15-12(8)9-5-3-2-4-6-9/h2-8,12H,1H3/t8-,12+/m1/s1. The van der Waals surface area contributed by atoms with Gasteiger partial charge < -0.3 is 4.74 Å². The summed E-state index contributed by atoms with van der Waals surface area (Å²) in [5.74, 6) is 0.0556. The van der Waals surface area contributed by atoms with Crippen molar-refractivity contribution in [2.45, 2.75) is 13.0 Å². The summed E-state index contributed by atoms with van der Waals surface area (Å²) in [4.78, 5) is 11.8. The van der Waals surface area contributed by atoms with E-state index in [1.165, 1.54) is 0 Å². The van der Waals surface area contributed by atoms with Crippen molar-refractivity contribution < 1.29 is 9.53 Å². The summed E-state index contributed by atoms with van der Waals surface area (Å²) in [7, 11) is 0. The van der Waals surface area contributed by atoms with Gasteiger partial charge in [0.15, 0.2) is 5.78 Å². The normalized spacial score (nSPS) is 25.7. The molecule has 1 aromatic carbocycles. The highest BCUT2D eigenvalue weighted by atomic mass is 127. The minimum absolute atomic E-state index is 0.107. The van der Waals surface area contributed by atoms with Gasteiger partial charge in [-0.25, -0.2) is 0 Å². The lowest BCUT2D eigenvalue weighted by molar-refractivity contribution is -0.123. The van der Waals surface area contributed by atoms with Gasteiger partial charge in [0, 0.05) is 0 Å². The largest absolute Gasteiger partial charge is 0.491 e. The van der Waals surface area contributed by atoms with Crippen molar-refractivity contribution in [2.24, 2.45) is 5.92 Å². The number of allylic oxidation sites excluding steroid dienone is 1. The molecule has 1 heterocycles. The molecule has 2 rings (SSSR count). The number of Topliss-reactive ketones (excluding diaryl/α,β-unsaturated/α-hetero) is 1. The van der Waals surface area contributed by atoms with E-state index in [1.807, 2.05) is 59.8 Å². The highest BCUT2D eigenvalue weighted by molar-refractivity contribution is 14.1. The Morgan fingerprint density at radius 2 is 1.93 bits per heavy atom. The molecule has 0 saturated heterocycles. The molecule has 1 aliphatic rings. The van der Waals surface area contributed by atoms with Crippen LogP contribution in [0.2, 0.25) is 0 Å². The smallest absolute Gasteiger partial charge is 0.178 e. The number of carbonyl (C=O) groups is 1. The average molecular weight is 314 g/mol. The fourth-order valence-corrected chi connectivity index (χ4v) is 2.31. The number of carbonyl (C=O) groups excluding carboxylic acids is 1. The van der Waals surface area contributed by atoms with E-state index in [1.54, 1.807) is 6.26 Å². The molecule has 0 radical (unpaired) electrons. The van der Waals surface area contributed by atoms with Crippen LogP contribution in [0.5, 0.6) is 0 Å². The van der Waals surface area contributed by atoms with Crippen LogP contribution in [0.4, 0.5) is 0 Å². The third kappa shape index (κ3) is 2.07. The van der Waals surface area contributed by atoms with Crippen LogP contribution in [0.1, 0.15) is 18.6 Å². The van der Waals surface area contributed by atoms with Gasteiger partial charge in [-0.3, -0.25) is 4.79 Å². The predicted molar refractivity (Wildman–Crippen MR) is 66.5 cm³/mol. The molecule has 0 aromatic heterocycles. The first-order valence-electron chi connectivity index (χ1n) is 4.80. The van der Waals surface area contributed by atoms with Gasteiger partial charge in [-0.05, 0) is 28.2 Å². The quantitative estimate of drug-likeness (QED) is 0.744. The predicted octanol–water partition coefficient (Wildman–Crippen LogP) is 3.24. The summed E-state index contributed by atoms with van der Waals surface area (Å²) in [5, 5.41) is 0. The first kappa shape index (κ1) is 10.7. The second-order valence-electron chi connectivity index (χ2n) is 3.59. The van der Waals surface area contributed by atoms with E-state index >= 15 is 0 Å². The Hall–Kier alpha value is -0.840. The van der Waals surface area contributed by atoms with Gasteiger partial charge in [-0.1, -0.05) is 37.3 Å². The van der Waals surface area contributed by atoms with E-state index < -0.39 is 0 Å². The SMILES string of the molecule is C[C@@H]1C(=O)C(I)=CO[C@@H]1c1ccccc1. The Morgan fingerprint density at radius 1 is 1.27 bits per heavy atom. The fraction of sp³-hybridized carbons (Fsp3) is 0.250. The van der Waals surface area contributed by atoms with Gasteiger partial charge >= 0.3 is 0 Å². The maximum absolute atomic E-state index is 11.8. The van der Waals surface area contributed by atoms with Crippen LogP contribution in [-0.2, 0) is 9.53 Å². The molecule has 15 heavy (non-hydrogen) atoms. The van der Waals surface area contributed by atoms with Crippen LogP contribution in [0.15, 0.2) is 40.2 Å². The summed E-state index contributed by atoms with van der Waals surface area (Å²) >= 11 is 2.01. The van der Waals surface area contributed by atoms with Gasteiger partial charge in [0.1, 0.15) is 12.4 Å². The van der Waals surface area contributed by atoms with E-state index in [0.29, 0.717) is 3.58 Å². The van der Waals surface area contributed by atoms with E-state index in [9.17, 15) is 4.79 Å². The van der Waals surface area contributed by atoms with Crippen LogP contribution in [0, 0.1) is 5.92 Å². The number of ketones is 1. The first-order chi connectivity index (χ1) is 7.20. The van der Waals surface area contributed by atoms with Crippen LogP contribution in [0.3, 0.4) is 0 Å². The van der Waals surface area contributed by atoms with Crippen molar-refractivity contribution in [3.63, 3.8) is 0 Å². The molecule has 2 atom stereocenters. The third-order valence-electron chi connectivity index (χ3n) is 2.55. The lowest BCUT2D eigenvalue weighted by Gasteiger charge is -2.26. The van der Waals surface area contributed by atoms with Crippen molar-refractivity contribution in [2.75, 3.05) is 0 Å². The lowest BCUT2D eigenvalue weighted by Crippen LogP contribution is -2.24. The van der Waals surface area contributed by atoms with Gasteiger partial charge in [-0.2, -0.15) is 0 Å². The molecule has 0 unspecified atom stereocenters. The molecular formula is C12H11IO2. The van der Waals surface area contributed by atoms with Crippen molar-refractivity contribution in [1.29, 1.82) is 0 Å². The monoisotopic (exact) mass is 314 g/mol. The van der Waals surface area contributed by atoms with Gasteiger partial charge in [0.05, 0.1) is 9.50 Å². The zero-order valence-electron chi connectivity index (χ0n) is 8.31. The average Bonchev–Trinajstić information content (AvgIpc) is 2.27. The van der Waals surface area contributed by atoms with Crippen molar-refractivity contribution in [3.05, 3.63) is 45.7 Å². The highest BCUT2D eigenvalue weighted by Crippen LogP contribution is 2.34. The number of ether oxygens (including phenoxy) is 1. The summed E-state index contributed by atoms with van der Waals surface area (Å²) in [6.45, 7) is 1.91. The van der Waals surface area contributed by atoms with Crippen LogP contribution in [-0.4, -0.2) is 5.78 Å². The minimum Gasteiger partial charge on any atom is -0.491 e. The summed E-state index contributed by atoms with van der Waals surface area (Å²) in [5.41, 5.74) is 1.05. The first-order valence-corrected chi connectivity index (χ1v) is 5.88. The van der Waals surface area contributed by atoms with Gasteiger partial charge in [0.25, 0.3) is 0 Å². The molecule has 2 nitrogen and oxygen atoms in total. The Labute approximate surface area is 102 Å². The summed E-state index contributed by atoms with van der Waals surface area (Å²) in [6, 6.07) is 9.84. The Bertz CT molecular complexity index is 397. The molecular weight excluding hydrogens is 303 g/mol. The number of rotatable bonds is 1. The summed E-state index contributed by atoms with van der Waals surface area (Å²) in [6.07, 6.45) is 1.41. The number of halogens is 1. The van der Waals surface area contributed by atoms with Crippen LogP contribution >= 0.6 is 22.6 Å². The van der Waals surface area contributed by atoms with Crippen molar-refractivity contribution in [1.82, 2.24) is 0 Å². The van der Waals surface area contributed by atoms with E-state index in [0.717, 1.165) is 5.56 Å². The maximum Gasteiger partial charge on any atom is 0.178 e.